The van der Waals surface area contributed by atoms with Crippen molar-refractivity contribution in [1.82, 2.24) is 0 Å². The van der Waals surface area contributed by atoms with E-state index < -0.39 is 37.4 Å². The van der Waals surface area contributed by atoms with Crippen molar-refractivity contribution < 1.29 is 36.3 Å². The van der Waals surface area contributed by atoms with E-state index in [2.05, 4.69) is 4.74 Å². The summed E-state index contributed by atoms with van der Waals surface area (Å²) >= 11 is 0. The predicted octanol–water partition coefficient (Wildman–Crippen LogP) is 0.969. The topological polar surface area (TPSA) is 43.4 Å². The fourth-order valence-electron chi connectivity index (χ4n) is 0.348. The summed E-state index contributed by atoms with van der Waals surface area (Å²) in [4.78, 5) is 20.4. The third-order valence-corrected chi connectivity index (χ3v) is 1.05. The second-order valence-corrected chi connectivity index (χ2v) is 2.17. The molecule has 0 fully saturated rings. The number of carbonyl (C=O) groups is 2. The molecular weight excluding hydrogens is 215 g/mol. The van der Waals surface area contributed by atoms with Crippen LogP contribution in [0.1, 0.15) is 0 Å². The highest BCUT2D eigenvalue weighted by atomic mass is 19.3. The van der Waals surface area contributed by atoms with Crippen molar-refractivity contribution in [2.24, 2.45) is 0 Å². The number of hydrogen-bond donors (Lipinski definition) is 0. The van der Waals surface area contributed by atoms with Gasteiger partial charge in [-0.2, -0.15) is 8.78 Å². The van der Waals surface area contributed by atoms with Gasteiger partial charge in [0.25, 0.3) is 0 Å². The first-order valence-electron chi connectivity index (χ1n) is 3.25. The van der Waals surface area contributed by atoms with Crippen LogP contribution in [0.25, 0.3) is 0 Å². The molecule has 1 atom stereocenters. The molecule has 8 heteroatoms. The molecule has 0 amide bonds. The molecule has 14 heavy (non-hydrogen) atoms. The van der Waals surface area contributed by atoms with Crippen molar-refractivity contribution in [3.63, 3.8) is 0 Å². The zero-order valence-corrected chi connectivity index (χ0v) is 6.61. The second kappa shape index (κ2) is 4.87. The average molecular weight is 220 g/mol. The molecule has 1 unspecified atom stereocenters. The minimum atomic E-state index is -4.52. The van der Waals surface area contributed by atoms with Crippen LogP contribution >= 0.6 is 0 Å². The number of halogens is 5. The van der Waals surface area contributed by atoms with Crippen LogP contribution in [0.15, 0.2) is 0 Å². The monoisotopic (exact) mass is 220 g/mol. The zero-order chi connectivity index (χ0) is 11.4. The van der Waals surface area contributed by atoms with Gasteiger partial charge in [-0.05, 0) is 0 Å². The Bertz CT molecular complexity index is 230. The summed E-state index contributed by atoms with van der Waals surface area (Å²) in [6.45, 7) is -4.20. The Kier molecular flexibility index (Phi) is 4.45. The van der Waals surface area contributed by atoms with Gasteiger partial charge in [-0.25, -0.2) is 22.8 Å². The summed E-state index contributed by atoms with van der Waals surface area (Å²) in [7, 11) is 0. The van der Waals surface area contributed by atoms with Crippen molar-refractivity contribution in [2.75, 3.05) is 13.3 Å². The maximum absolute atomic E-state index is 12.1. The third kappa shape index (κ3) is 3.27. The summed E-state index contributed by atoms with van der Waals surface area (Å²) in [5.41, 5.74) is 0. The summed E-state index contributed by atoms with van der Waals surface area (Å²) in [5.74, 6) is -9.17. The van der Waals surface area contributed by atoms with Crippen LogP contribution in [0, 0.1) is 0 Å². The molecule has 82 valence electrons. The van der Waals surface area contributed by atoms with Crippen LogP contribution in [0.3, 0.4) is 0 Å². The zero-order valence-electron chi connectivity index (χ0n) is 6.61. The average Bonchev–Trinajstić information content (AvgIpc) is 2.16. The number of hydrogen-bond acceptors (Lipinski definition) is 3. The predicted molar refractivity (Wildman–Crippen MR) is 32.9 cm³/mol. The van der Waals surface area contributed by atoms with Crippen LogP contribution in [0.2, 0.25) is 0 Å². The van der Waals surface area contributed by atoms with Crippen molar-refractivity contribution in [2.45, 2.75) is 12.1 Å². The number of carbonyl (C=O) groups excluding carboxylic acids is 2. The molecule has 0 aliphatic heterocycles. The first-order chi connectivity index (χ1) is 6.35. The van der Waals surface area contributed by atoms with E-state index in [1.54, 1.807) is 0 Å². The quantitative estimate of drug-likeness (QED) is 0.402. The fourth-order valence-corrected chi connectivity index (χ4v) is 0.348. The molecule has 0 aliphatic carbocycles. The van der Waals surface area contributed by atoms with Gasteiger partial charge in [0.2, 0.25) is 6.17 Å². The van der Waals surface area contributed by atoms with E-state index in [1.807, 2.05) is 0 Å². The molecule has 0 rings (SSSR count). The summed E-state index contributed by atoms with van der Waals surface area (Å²) in [6, 6.07) is 0. The van der Waals surface area contributed by atoms with Gasteiger partial charge < -0.3 is 4.74 Å². The van der Waals surface area contributed by atoms with E-state index in [9.17, 15) is 31.5 Å². The maximum Gasteiger partial charge on any atom is 0.387 e. The molecule has 0 aromatic rings. The summed E-state index contributed by atoms with van der Waals surface area (Å²) in [6.07, 6.45) is -2.82. The Morgan fingerprint density at radius 2 is 1.79 bits per heavy atom. The van der Waals surface area contributed by atoms with Gasteiger partial charge in [-0.1, -0.05) is 0 Å². The molecule has 0 aliphatic rings. The SMILES string of the molecule is O=C(OC(=O)C(F)(F)CF)C(F)CF. The molecule has 0 N–H and O–H groups in total. The molecule has 0 saturated heterocycles. The highest BCUT2D eigenvalue weighted by molar-refractivity contribution is 5.91. The largest absolute Gasteiger partial charge is 0.387 e. The van der Waals surface area contributed by atoms with Crippen molar-refractivity contribution >= 4 is 11.9 Å². The van der Waals surface area contributed by atoms with Crippen molar-refractivity contribution in [1.29, 1.82) is 0 Å². The highest BCUT2D eigenvalue weighted by Gasteiger charge is 2.43. The second-order valence-electron chi connectivity index (χ2n) is 2.17. The van der Waals surface area contributed by atoms with Crippen LogP contribution in [0.4, 0.5) is 22.0 Å². The lowest BCUT2D eigenvalue weighted by Crippen LogP contribution is -2.37. The summed E-state index contributed by atoms with van der Waals surface area (Å²) < 4.78 is 62.2. The Balaban J connectivity index is 4.27. The molecule has 0 heterocycles. The third-order valence-electron chi connectivity index (χ3n) is 1.05. The van der Waals surface area contributed by atoms with E-state index in [1.165, 1.54) is 0 Å². The van der Waals surface area contributed by atoms with Gasteiger partial charge >= 0.3 is 17.9 Å². The first-order valence-corrected chi connectivity index (χ1v) is 3.25. The Labute approximate surface area is 74.8 Å². The molecule has 3 nitrogen and oxygen atoms in total. The number of esters is 2. The van der Waals surface area contributed by atoms with E-state index >= 15 is 0 Å². The number of ether oxygens (including phenoxy) is 1. The smallest absolute Gasteiger partial charge is 0.386 e. The van der Waals surface area contributed by atoms with Gasteiger partial charge in [0, 0.05) is 0 Å². The Morgan fingerprint density at radius 1 is 1.29 bits per heavy atom. The lowest BCUT2D eigenvalue weighted by molar-refractivity contribution is -0.183. The maximum atomic E-state index is 12.1. The minimum Gasteiger partial charge on any atom is -0.386 e. The molecule has 0 radical (unpaired) electrons. The van der Waals surface area contributed by atoms with Crippen molar-refractivity contribution in [3.8, 4) is 0 Å². The standard InChI is InChI=1S/C6H5F5O3/c7-1-3(9)4(12)14-5(13)6(10,11)2-8/h3H,1-2H2. The Hall–Kier alpha value is -1.21. The lowest BCUT2D eigenvalue weighted by Gasteiger charge is -2.10. The first kappa shape index (κ1) is 12.8. The molecule has 0 aromatic carbocycles. The number of alkyl halides is 5. The normalized spacial score (nSPS) is 13.5. The van der Waals surface area contributed by atoms with Crippen LogP contribution in [-0.4, -0.2) is 37.4 Å². The van der Waals surface area contributed by atoms with Crippen molar-refractivity contribution in [3.05, 3.63) is 0 Å². The van der Waals surface area contributed by atoms with E-state index in [4.69, 9.17) is 0 Å². The van der Waals surface area contributed by atoms with Gasteiger partial charge in [0.05, 0.1) is 0 Å². The van der Waals surface area contributed by atoms with Crippen LogP contribution in [0.5, 0.6) is 0 Å². The molecule has 0 saturated carbocycles. The fraction of sp³-hybridized carbons (Fsp3) is 0.667. The summed E-state index contributed by atoms with van der Waals surface area (Å²) in [5, 5.41) is 0. The Morgan fingerprint density at radius 3 is 2.14 bits per heavy atom. The van der Waals surface area contributed by atoms with E-state index in [0.29, 0.717) is 0 Å². The molecular formula is C6H5F5O3. The minimum absolute atomic E-state index is 1.81. The van der Waals surface area contributed by atoms with Gasteiger partial charge in [-0.15, -0.1) is 0 Å². The van der Waals surface area contributed by atoms with E-state index in [-0.39, 0.29) is 0 Å². The van der Waals surface area contributed by atoms with Gasteiger partial charge in [-0.3, -0.25) is 0 Å². The van der Waals surface area contributed by atoms with Crippen LogP contribution in [-0.2, 0) is 14.3 Å². The number of rotatable bonds is 4. The van der Waals surface area contributed by atoms with Crippen LogP contribution < -0.4 is 0 Å². The highest BCUT2D eigenvalue weighted by Crippen LogP contribution is 2.16. The molecule has 0 spiro atoms. The van der Waals surface area contributed by atoms with Gasteiger partial charge in [0.15, 0.2) is 6.67 Å². The lowest BCUT2D eigenvalue weighted by atomic mass is 10.4. The van der Waals surface area contributed by atoms with E-state index in [0.717, 1.165) is 0 Å². The van der Waals surface area contributed by atoms with Gasteiger partial charge in [0.1, 0.15) is 6.67 Å². The molecule has 0 aromatic heterocycles. The molecule has 0 bridgehead atoms.